The number of pyridine rings is 1. The maximum Gasteiger partial charge on any atom is 0.228 e. The first-order chi connectivity index (χ1) is 17.6. The molecule has 4 aromatic rings. The minimum Gasteiger partial charge on any atom is -0.457 e. The van der Waals surface area contributed by atoms with Gasteiger partial charge in [0.25, 0.3) is 0 Å². The first kappa shape index (κ1) is 23.5. The Morgan fingerprint density at radius 2 is 2.06 bits per heavy atom. The van der Waals surface area contributed by atoms with Crippen molar-refractivity contribution in [3.05, 3.63) is 89.0 Å². The summed E-state index contributed by atoms with van der Waals surface area (Å²) in [5.74, 6) is 1.20. The molecule has 0 unspecified atom stereocenters. The van der Waals surface area contributed by atoms with Gasteiger partial charge in [0.15, 0.2) is 5.78 Å². The summed E-state index contributed by atoms with van der Waals surface area (Å²) in [6.07, 6.45) is 4.48. The van der Waals surface area contributed by atoms with E-state index in [1.165, 1.54) is 6.20 Å². The van der Waals surface area contributed by atoms with Crippen LogP contribution in [0.15, 0.2) is 60.9 Å². The van der Waals surface area contributed by atoms with Gasteiger partial charge in [-0.25, -0.2) is 9.83 Å². The van der Waals surface area contributed by atoms with Crippen LogP contribution in [0.25, 0.3) is 15.9 Å². The predicted octanol–water partition coefficient (Wildman–Crippen LogP) is 5.40. The molecular formula is C28H26N4O4. The monoisotopic (exact) mass is 482 g/mol. The topological polar surface area (TPSA) is 101 Å². The SMILES string of the molecule is [C-]#[N+]c1cnc2[nH]cc(C(=O)c3ccc(Oc4ccccc4)cc3C)c2c1N[C@@H]1CC[C@@H](CO)OC1. The number of para-hydroxylation sites is 1. The first-order valence-corrected chi connectivity index (χ1v) is 11.8. The zero-order valence-corrected chi connectivity index (χ0v) is 19.8. The normalized spacial score (nSPS) is 17.5. The summed E-state index contributed by atoms with van der Waals surface area (Å²) in [5, 5.41) is 13.3. The van der Waals surface area contributed by atoms with Crippen molar-refractivity contribution < 1.29 is 19.4 Å². The Balaban J connectivity index is 1.47. The average Bonchev–Trinajstić information content (AvgIpc) is 3.34. The molecule has 182 valence electrons. The number of aryl methyl sites for hydroxylation is 1. The molecule has 0 radical (unpaired) electrons. The molecule has 5 rings (SSSR count). The number of nitrogens with one attached hydrogen (secondary N) is 2. The van der Waals surface area contributed by atoms with Crippen molar-refractivity contribution in [3.8, 4) is 11.5 Å². The molecule has 1 fully saturated rings. The predicted molar refractivity (Wildman–Crippen MR) is 137 cm³/mol. The molecule has 0 aliphatic carbocycles. The summed E-state index contributed by atoms with van der Waals surface area (Å²) in [6, 6.07) is 14.8. The van der Waals surface area contributed by atoms with Gasteiger partial charge in [0.05, 0.1) is 37.1 Å². The molecule has 8 heteroatoms. The van der Waals surface area contributed by atoms with Crippen molar-refractivity contribution in [2.24, 2.45) is 0 Å². The molecule has 1 aliphatic heterocycles. The second-order valence-corrected chi connectivity index (χ2v) is 8.83. The van der Waals surface area contributed by atoms with Crippen molar-refractivity contribution >= 4 is 28.2 Å². The molecule has 2 aromatic heterocycles. The van der Waals surface area contributed by atoms with Gasteiger partial charge in [-0.05, 0) is 55.7 Å². The number of anilines is 1. The van der Waals surface area contributed by atoms with Gasteiger partial charge in [0.1, 0.15) is 17.1 Å². The Labute approximate surface area is 208 Å². The van der Waals surface area contributed by atoms with E-state index in [4.69, 9.17) is 16.0 Å². The number of benzene rings is 2. The Hall–Kier alpha value is -4.19. The van der Waals surface area contributed by atoms with E-state index in [1.807, 2.05) is 43.3 Å². The number of carbonyl (C=O) groups is 1. The molecule has 2 aromatic carbocycles. The van der Waals surface area contributed by atoms with Crippen LogP contribution in [-0.2, 0) is 4.74 Å². The van der Waals surface area contributed by atoms with Gasteiger partial charge in [0.2, 0.25) is 5.69 Å². The number of hydrogen-bond donors (Lipinski definition) is 3. The van der Waals surface area contributed by atoms with Crippen LogP contribution >= 0.6 is 0 Å². The first-order valence-electron chi connectivity index (χ1n) is 11.8. The zero-order chi connectivity index (χ0) is 25.1. The largest absolute Gasteiger partial charge is 0.457 e. The Kier molecular flexibility index (Phi) is 6.67. The fraction of sp³-hybridized carbons (Fsp3) is 0.250. The minimum absolute atomic E-state index is 0.00941. The summed E-state index contributed by atoms with van der Waals surface area (Å²) >= 11 is 0. The van der Waals surface area contributed by atoms with Crippen molar-refractivity contribution in [2.75, 3.05) is 18.5 Å². The molecule has 1 aliphatic rings. The number of rotatable bonds is 7. The van der Waals surface area contributed by atoms with Crippen molar-refractivity contribution in [1.82, 2.24) is 9.97 Å². The number of ketones is 1. The van der Waals surface area contributed by atoms with Crippen LogP contribution in [0.4, 0.5) is 11.4 Å². The number of ether oxygens (including phenoxy) is 2. The quantitative estimate of drug-likeness (QED) is 0.241. The van der Waals surface area contributed by atoms with Gasteiger partial charge in [-0.3, -0.25) is 4.79 Å². The lowest BCUT2D eigenvalue weighted by molar-refractivity contribution is -0.0223. The van der Waals surface area contributed by atoms with E-state index in [-0.39, 0.29) is 24.5 Å². The molecule has 2 atom stereocenters. The van der Waals surface area contributed by atoms with Gasteiger partial charge < -0.3 is 24.9 Å². The standard InChI is InChI=1S/C28H26N4O4/c1-17-12-20(36-19-6-4-3-5-7-19)10-11-22(17)27(34)23-13-30-28-25(23)26(24(29-2)14-31-28)32-18-8-9-21(15-33)35-16-18/h3-7,10-14,18,21,33H,8-9,15-16H2,1H3,(H2,30,31,32)/t18-,21+/m1/s1. The van der Waals surface area contributed by atoms with E-state index < -0.39 is 0 Å². The van der Waals surface area contributed by atoms with Crippen LogP contribution in [0.1, 0.15) is 34.3 Å². The number of aliphatic hydroxyl groups excluding tert-OH is 1. The third kappa shape index (κ3) is 4.67. The maximum absolute atomic E-state index is 13.7. The minimum atomic E-state index is -0.169. The summed E-state index contributed by atoms with van der Waals surface area (Å²) in [6.45, 7) is 9.92. The van der Waals surface area contributed by atoms with Crippen LogP contribution in [0.5, 0.6) is 11.5 Å². The van der Waals surface area contributed by atoms with Crippen molar-refractivity contribution in [3.63, 3.8) is 0 Å². The maximum atomic E-state index is 13.7. The average molecular weight is 483 g/mol. The fourth-order valence-corrected chi connectivity index (χ4v) is 4.49. The molecule has 36 heavy (non-hydrogen) atoms. The van der Waals surface area contributed by atoms with Gasteiger partial charge in [-0.2, -0.15) is 0 Å². The number of aromatic amines is 1. The van der Waals surface area contributed by atoms with E-state index in [0.717, 1.165) is 17.7 Å². The number of nitrogens with zero attached hydrogens (tertiary/aromatic N) is 2. The Bertz CT molecular complexity index is 1430. The van der Waals surface area contributed by atoms with Gasteiger partial charge >= 0.3 is 0 Å². The Morgan fingerprint density at radius 3 is 2.75 bits per heavy atom. The van der Waals surface area contributed by atoms with Crippen molar-refractivity contribution in [1.29, 1.82) is 0 Å². The van der Waals surface area contributed by atoms with Crippen molar-refractivity contribution in [2.45, 2.75) is 31.9 Å². The van der Waals surface area contributed by atoms with Crippen LogP contribution < -0.4 is 10.1 Å². The number of hydrogen-bond acceptors (Lipinski definition) is 6. The van der Waals surface area contributed by atoms with E-state index in [1.54, 1.807) is 18.3 Å². The van der Waals surface area contributed by atoms with E-state index >= 15 is 0 Å². The fourth-order valence-electron chi connectivity index (χ4n) is 4.49. The number of aliphatic hydroxyl groups is 1. The number of carbonyl (C=O) groups excluding carboxylic acids is 1. The molecule has 0 spiro atoms. The lowest BCUT2D eigenvalue weighted by atomic mass is 9.97. The highest BCUT2D eigenvalue weighted by Gasteiger charge is 2.25. The molecular weight excluding hydrogens is 456 g/mol. The highest BCUT2D eigenvalue weighted by molar-refractivity contribution is 6.20. The zero-order valence-electron chi connectivity index (χ0n) is 19.8. The number of fused-ring (bicyclic) bond motifs is 1. The van der Waals surface area contributed by atoms with E-state index in [9.17, 15) is 9.90 Å². The second kappa shape index (κ2) is 10.2. The Morgan fingerprint density at radius 1 is 1.22 bits per heavy atom. The van der Waals surface area contributed by atoms with Crippen LogP contribution in [0, 0.1) is 13.5 Å². The molecule has 1 saturated heterocycles. The molecule has 0 saturated carbocycles. The number of aromatic nitrogens is 2. The second-order valence-electron chi connectivity index (χ2n) is 8.83. The summed E-state index contributed by atoms with van der Waals surface area (Å²) < 4.78 is 11.6. The van der Waals surface area contributed by atoms with Crippen LogP contribution in [-0.4, -0.2) is 46.2 Å². The van der Waals surface area contributed by atoms with Gasteiger partial charge in [-0.1, -0.05) is 18.2 Å². The van der Waals surface area contributed by atoms with E-state index in [0.29, 0.717) is 52.3 Å². The third-order valence-corrected chi connectivity index (χ3v) is 6.39. The molecule has 0 amide bonds. The summed E-state index contributed by atoms with van der Waals surface area (Å²) in [5.41, 5.74) is 3.20. The highest BCUT2D eigenvalue weighted by atomic mass is 16.5. The lowest BCUT2D eigenvalue weighted by Crippen LogP contribution is -2.36. The summed E-state index contributed by atoms with van der Waals surface area (Å²) in [4.78, 5) is 24.8. The molecule has 8 nitrogen and oxygen atoms in total. The smallest absolute Gasteiger partial charge is 0.228 e. The molecule has 3 N–H and O–H groups in total. The van der Waals surface area contributed by atoms with E-state index in [2.05, 4.69) is 20.1 Å². The molecule has 0 bridgehead atoms. The summed E-state index contributed by atoms with van der Waals surface area (Å²) in [7, 11) is 0. The highest BCUT2D eigenvalue weighted by Crippen LogP contribution is 2.37. The van der Waals surface area contributed by atoms with Gasteiger partial charge in [0, 0.05) is 29.4 Å². The van der Waals surface area contributed by atoms with Crippen LogP contribution in [0.2, 0.25) is 0 Å². The van der Waals surface area contributed by atoms with Crippen LogP contribution in [0.3, 0.4) is 0 Å². The number of H-pyrrole nitrogens is 1. The lowest BCUT2D eigenvalue weighted by Gasteiger charge is -2.29. The third-order valence-electron chi connectivity index (χ3n) is 6.39. The van der Waals surface area contributed by atoms with Gasteiger partial charge in [-0.15, -0.1) is 0 Å². The molecule has 3 heterocycles.